The van der Waals surface area contributed by atoms with Crippen LogP contribution in [0.15, 0.2) is 24.3 Å². The molecule has 0 aromatic heterocycles. The van der Waals surface area contributed by atoms with Crippen LogP contribution in [-0.2, 0) is 19.1 Å². The van der Waals surface area contributed by atoms with Crippen molar-refractivity contribution >= 4 is 11.8 Å². The van der Waals surface area contributed by atoms with Crippen LogP contribution < -0.4 is 0 Å². The maximum Gasteiger partial charge on any atom is 0.302 e. The standard InChI is InChI=1S/C18H26O4/c1-11-6-7-17(21-5)12(2)16(20)8-15-14(11)9-18(15,4)10-22-13(3)19/h14-15,17H,1-2,6-10H2,3-5H3/t14-,15-,17-,18-/m1/s1. The minimum Gasteiger partial charge on any atom is -0.465 e. The molecule has 0 aromatic carbocycles. The topological polar surface area (TPSA) is 52.6 Å². The van der Waals surface area contributed by atoms with E-state index in [0.717, 1.165) is 19.3 Å². The van der Waals surface area contributed by atoms with E-state index in [1.807, 2.05) is 0 Å². The fourth-order valence-electron chi connectivity index (χ4n) is 3.82. The summed E-state index contributed by atoms with van der Waals surface area (Å²) >= 11 is 0. The van der Waals surface area contributed by atoms with Crippen molar-refractivity contribution < 1.29 is 19.1 Å². The van der Waals surface area contributed by atoms with Crippen LogP contribution in [0, 0.1) is 17.3 Å². The van der Waals surface area contributed by atoms with E-state index in [-0.39, 0.29) is 29.2 Å². The second-order valence-electron chi connectivity index (χ2n) is 6.93. The van der Waals surface area contributed by atoms with Crippen molar-refractivity contribution in [2.24, 2.45) is 17.3 Å². The molecule has 122 valence electrons. The zero-order chi connectivity index (χ0) is 16.5. The van der Waals surface area contributed by atoms with Crippen molar-refractivity contribution in [1.29, 1.82) is 0 Å². The van der Waals surface area contributed by atoms with Gasteiger partial charge in [0, 0.05) is 31.4 Å². The van der Waals surface area contributed by atoms with Crippen LogP contribution in [0.4, 0.5) is 0 Å². The summed E-state index contributed by atoms with van der Waals surface area (Å²) in [6.45, 7) is 12.0. The summed E-state index contributed by atoms with van der Waals surface area (Å²) in [4.78, 5) is 23.6. The molecule has 4 heteroatoms. The lowest BCUT2D eigenvalue weighted by atomic mass is 9.51. The molecule has 0 amide bonds. The first-order chi connectivity index (χ1) is 10.3. The Morgan fingerprint density at radius 1 is 1.41 bits per heavy atom. The zero-order valence-corrected chi connectivity index (χ0v) is 13.8. The second-order valence-corrected chi connectivity index (χ2v) is 6.93. The highest BCUT2D eigenvalue weighted by Gasteiger charge is 2.53. The van der Waals surface area contributed by atoms with Crippen LogP contribution in [-0.4, -0.2) is 31.6 Å². The third kappa shape index (κ3) is 3.17. The monoisotopic (exact) mass is 306 g/mol. The number of ether oxygens (including phenoxy) is 2. The van der Waals surface area contributed by atoms with Crippen LogP contribution in [0.25, 0.3) is 0 Å². The van der Waals surface area contributed by atoms with Gasteiger partial charge in [0.15, 0.2) is 5.78 Å². The van der Waals surface area contributed by atoms with Gasteiger partial charge in [-0.15, -0.1) is 0 Å². The van der Waals surface area contributed by atoms with Crippen molar-refractivity contribution in [2.45, 2.75) is 45.6 Å². The average Bonchev–Trinajstić information content (AvgIpc) is 2.50. The highest BCUT2D eigenvalue weighted by molar-refractivity contribution is 5.96. The van der Waals surface area contributed by atoms with Gasteiger partial charge < -0.3 is 9.47 Å². The maximum absolute atomic E-state index is 12.5. The van der Waals surface area contributed by atoms with Gasteiger partial charge in [-0.1, -0.05) is 25.7 Å². The number of esters is 1. The molecule has 0 heterocycles. The molecule has 4 nitrogen and oxygen atoms in total. The number of methoxy groups -OCH3 is 1. The van der Waals surface area contributed by atoms with Crippen molar-refractivity contribution in [1.82, 2.24) is 0 Å². The van der Waals surface area contributed by atoms with Crippen molar-refractivity contribution in [3.63, 3.8) is 0 Å². The molecule has 0 saturated heterocycles. The lowest BCUT2D eigenvalue weighted by Gasteiger charge is -2.53. The minimum atomic E-state index is -0.276. The Balaban J connectivity index is 2.17. The van der Waals surface area contributed by atoms with E-state index in [1.165, 1.54) is 12.5 Å². The fourth-order valence-corrected chi connectivity index (χ4v) is 3.82. The predicted octanol–water partition coefficient (Wildman–Crippen LogP) is 3.07. The minimum absolute atomic E-state index is 0.0605. The summed E-state index contributed by atoms with van der Waals surface area (Å²) in [6, 6.07) is 0. The summed E-state index contributed by atoms with van der Waals surface area (Å²) in [5.74, 6) is 0.277. The number of allylic oxidation sites excluding steroid dienone is 1. The van der Waals surface area contributed by atoms with Crippen LogP contribution in [0.1, 0.15) is 39.5 Å². The van der Waals surface area contributed by atoms with E-state index in [9.17, 15) is 9.59 Å². The van der Waals surface area contributed by atoms with Gasteiger partial charge in [-0.3, -0.25) is 9.59 Å². The van der Waals surface area contributed by atoms with Gasteiger partial charge in [0.25, 0.3) is 0 Å². The molecular weight excluding hydrogens is 280 g/mol. The van der Waals surface area contributed by atoms with E-state index >= 15 is 0 Å². The van der Waals surface area contributed by atoms with Crippen molar-refractivity contribution in [3.8, 4) is 0 Å². The third-order valence-corrected chi connectivity index (χ3v) is 5.36. The summed E-state index contributed by atoms with van der Waals surface area (Å²) in [5, 5.41) is 0. The summed E-state index contributed by atoms with van der Waals surface area (Å²) in [6.07, 6.45) is 2.72. The number of ketones is 1. The first-order valence-corrected chi connectivity index (χ1v) is 7.84. The molecule has 2 rings (SSSR count). The van der Waals surface area contributed by atoms with Crippen LogP contribution >= 0.6 is 0 Å². The lowest BCUT2D eigenvalue weighted by Crippen LogP contribution is -2.50. The van der Waals surface area contributed by atoms with Gasteiger partial charge in [0.1, 0.15) is 0 Å². The molecule has 2 aliphatic carbocycles. The van der Waals surface area contributed by atoms with Gasteiger partial charge in [0.05, 0.1) is 12.7 Å². The number of carbonyl (C=O) groups excluding carboxylic acids is 2. The van der Waals surface area contributed by atoms with Gasteiger partial charge >= 0.3 is 5.97 Å². The third-order valence-electron chi connectivity index (χ3n) is 5.36. The molecule has 2 saturated carbocycles. The molecule has 2 aliphatic rings. The van der Waals surface area contributed by atoms with E-state index in [4.69, 9.17) is 9.47 Å². The number of fused-ring (bicyclic) bond motifs is 1. The molecule has 0 aliphatic heterocycles. The summed E-state index contributed by atoms with van der Waals surface area (Å²) in [7, 11) is 1.61. The Hall–Kier alpha value is -1.42. The highest BCUT2D eigenvalue weighted by atomic mass is 16.5. The van der Waals surface area contributed by atoms with E-state index < -0.39 is 0 Å². The molecule has 0 unspecified atom stereocenters. The Morgan fingerprint density at radius 3 is 2.68 bits per heavy atom. The molecule has 0 N–H and O–H groups in total. The van der Waals surface area contributed by atoms with E-state index in [2.05, 4.69) is 20.1 Å². The second kappa shape index (κ2) is 6.37. The fraction of sp³-hybridized carbons (Fsp3) is 0.667. The Morgan fingerprint density at radius 2 is 2.09 bits per heavy atom. The van der Waals surface area contributed by atoms with Crippen LogP contribution in [0.3, 0.4) is 0 Å². The van der Waals surface area contributed by atoms with E-state index in [0.29, 0.717) is 24.5 Å². The molecule has 2 fully saturated rings. The Bertz CT molecular complexity index is 507. The molecule has 0 spiro atoms. The number of carbonyl (C=O) groups is 2. The summed E-state index contributed by atoms with van der Waals surface area (Å²) in [5.41, 5.74) is 1.58. The zero-order valence-electron chi connectivity index (χ0n) is 13.8. The quantitative estimate of drug-likeness (QED) is 0.457. The number of Topliss-reactive ketones (excluding diaryl/α,β-unsaturated/α-hetero) is 1. The Labute approximate surface area is 132 Å². The first-order valence-electron chi connectivity index (χ1n) is 7.84. The van der Waals surface area contributed by atoms with Crippen LogP contribution in [0.2, 0.25) is 0 Å². The van der Waals surface area contributed by atoms with Gasteiger partial charge in [-0.2, -0.15) is 0 Å². The van der Waals surface area contributed by atoms with Crippen LogP contribution in [0.5, 0.6) is 0 Å². The molecule has 4 atom stereocenters. The molecular formula is C18H26O4. The molecule has 0 radical (unpaired) electrons. The number of hydrogen-bond donors (Lipinski definition) is 0. The number of hydrogen-bond acceptors (Lipinski definition) is 4. The lowest BCUT2D eigenvalue weighted by molar-refractivity contribution is -0.153. The normalized spacial score (nSPS) is 35.8. The van der Waals surface area contributed by atoms with Crippen molar-refractivity contribution in [3.05, 3.63) is 24.3 Å². The SMILES string of the molecule is C=C1CC[C@@H](OC)C(=C)C(=O)C[C@@H]2[C@@H]1C[C@]2(C)COC(C)=O. The maximum atomic E-state index is 12.5. The largest absolute Gasteiger partial charge is 0.465 e. The summed E-state index contributed by atoms with van der Waals surface area (Å²) < 4.78 is 10.6. The molecule has 22 heavy (non-hydrogen) atoms. The average molecular weight is 306 g/mol. The number of rotatable bonds is 3. The predicted molar refractivity (Wildman–Crippen MR) is 84.3 cm³/mol. The first kappa shape index (κ1) is 16.9. The highest BCUT2D eigenvalue weighted by Crippen LogP contribution is 2.56. The Kier molecular flexibility index (Phi) is 4.90. The van der Waals surface area contributed by atoms with Gasteiger partial charge in [-0.05, 0) is 31.1 Å². The van der Waals surface area contributed by atoms with Gasteiger partial charge in [-0.25, -0.2) is 0 Å². The molecule has 0 bridgehead atoms. The van der Waals surface area contributed by atoms with E-state index in [1.54, 1.807) is 7.11 Å². The smallest absolute Gasteiger partial charge is 0.302 e. The molecule has 0 aromatic rings. The van der Waals surface area contributed by atoms with Crippen molar-refractivity contribution in [2.75, 3.05) is 13.7 Å². The van der Waals surface area contributed by atoms with Gasteiger partial charge in [0.2, 0.25) is 0 Å².